The summed E-state index contributed by atoms with van der Waals surface area (Å²) in [6, 6.07) is 2.95. The average Bonchev–Trinajstić information content (AvgIpc) is 2.64. The van der Waals surface area contributed by atoms with Gasteiger partial charge in [-0.2, -0.15) is 5.10 Å². The van der Waals surface area contributed by atoms with Crippen LogP contribution in [0.15, 0.2) is 30.6 Å². The first-order valence-electron chi connectivity index (χ1n) is 4.37. The molecule has 16 heavy (non-hydrogen) atoms. The Hall–Kier alpha value is -2.24. The first-order chi connectivity index (χ1) is 7.56. The maximum Gasteiger partial charge on any atom is 0.251 e. The van der Waals surface area contributed by atoms with E-state index in [2.05, 4.69) is 5.10 Å². The maximum atomic E-state index is 12.9. The van der Waals surface area contributed by atoms with Crippen molar-refractivity contribution in [3.8, 4) is 5.69 Å². The Balaban J connectivity index is 2.46. The molecule has 0 saturated carbocycles. The first-order valence-corrected chi connectivity index (χ1v) is 4.37. The van der Waals surface area contributed by atoms with Gasteiger partial charge >= 0.3 is 0 Å². The highest BCUT2D eigenvalue weighted by atomic mass is 19.1. The molecule has 0 saturated heterocycles. The number of hydrogen-bond donors (Lipinski definition) is 1. The van der Waals surface area contributed by atoms with E-state index >= 15 is 0 Å². The van der Waals surface area contributed by atoms with E-state index in [0.29, 0.717) is 0 Å². The number of nitrogens with zero attached hydrogens (tertiary/aromatic N) is 2. The first kappa shape index (κ1) is 10.3. The molecule has 0 unspecified atom stereocenters. The Kier molecular flexibility index (Phi) is 2.40. The molecule has 1 aromatic carbocycles. The molecule has 0 aliphatic heterocycles. The predicted octanol–water partition coefficient (Wildman–Crippen LogP) is 1.25. The third kappa shape index (κ3) is 1.90. The van der Waals surface area contributed by atoms with Crippen molar-refractivity contribution in [1.82, 2.24) is 9.78 Å². The van der Waals surface area contributed by atoms with Crippen molar-refractivity contribution in [3.05, 3.63) is 47.8 Å². The topological polar surface area (TPSA) is 60.9 Å². The largest absolute Gasteiger partial charge is 0.366 e. The second-order valence-corrected chi connectivity index (χ2v) is 3.17. The van der Waals surface area contributed by atoms with Crippen LogP contribution in [0.4, 0.5) is 8.78 Å². The summed E-state index contributed by atoms with van der Waals surface area (Å²) in [4.78, 5) is 10.8. The Morgan fingerprint density at radius 1 is 1.25 bits per heavy atom. The monoisotopic (exact) mass is 223 g/mol. The van der Waals surface area contributed by atoms with Crippen molar-refractivity contribution in [2.24, 2.45) is 5.73 Å². The minimum absolute atomic E-state index is 0.171. The van der Waals surface area contributed by atoms with Crippen molar-refractivity contribution < 1.29 is 13.6 Å². The lowest BCUT2D eigenvalue weighted by molar-refractivity contribution is 0.100. The van der Waals surface area contributed by atoms with Gasteiger partial charge < -0.3 is 5.73 Å². The third-order valence-corrected chi connectivity index (χ3v) is 1.98. The molecule has 0 radical (unpaired) electrons. The molecule has 2 N–H and O–H groups in total. The number of carbonyl (C=O) groups excluding carboxylic acids is 1. The summed E-state index contributed by atoms with van der Waals surface area (Å²) in [5, 5.41) is 3.77. The molecular formula is C10H7F2N3O. The molecule has 4 nitrogen and oxygen atoms in total. The zero-order valence-corrected chi connectivity index (χ0v) is 8.02. The summed E-state index contributed by atoms with van der Waals surface area (Å²) in [5.41, 5.74) is 5.38. The molecule has 82 valence electrons. The van der Waals surface area contributed by atoms with Crippen LogP contribution in [-0.2, 0) is 0 Å². The fourth-order valence-corrected chi connectivity index (χ4v) is 1.26. The van der Waals surface area contributed by atoms with Crippen LogP contribution in [0.1, 0.15) is 10.4 Å². The molecule has 0 aliphatic carbocycles. The van der Waals surface area contributed by atoms with E-state index in [0.717, 1.165) is 18.2 Å². The van der Waals surface area contributed by atoms with Crippen molar-refractivity contribution in [2.45, 2.75) is 0 Å². The van der Waals surface area contributed by atoms with Gasteiger partial charge in [-0.05, 0) is 12.1 Å². The highest BCUT2D eigenvalue weighted by Crippen LogP contribution is 2.12. The molecule has 0 aliphatic rings. The van der Waals surface area contributed by atoms with Gasteiger partial charge in [0.05, 0.1) is 17.4 Å². The number of halogens is 2. The SMILES string of the molecule is NC(=O)c1cnn(-c2cc(F)cc(F)c2)c1. The summed E-state index contributed by atoms with van der Waals surface area (Å²) in [6.07, 6.45) is 2.53. The second kappa shape index (κ2) is 3.73. The molecule has 0 fully saturated rings. The van der Waals surface area contributed by atoms with Crippen LogP contribution in [0.25, 0.3) is 5.69 Å². The zero-order valence-electron chi connectivity index (χ0n) is 8.02. The quantitative estimate of drug-likeness (QED) is 0.832. The van der Waals surface area contributed by atoms with Gasteiger partial charge in [0.1, 0.15) is 11.6 Å². The highest BCUT2D eigenvalue weighted by molar-refractivity contribution is 5.92. The standard InChI is InChI=1S/C10H7F2N3O/c11-7-1-8(12)3-9(2-7)15-5-6(4-14-15)10(13)16/h1-5H,(H2,13,16). The molecule has 1 amide bonds. The number of primary amides is 1. The van der Waals surface area contributed by atoms with E-state index in [1.165, 1.54) is 17.1 Å². The Labute approximate surface area is 89.3 Å². The van der Waals surface area contributed by atoms with Crippen LogP contribution in [0.5, 0.6) is 0 Å². The zero-order chi connectivity index (χ0) is 11.7. The van der Waals surface area contributed by atoms with Crippen molar-refractivity contribution in [2.75, 3.05) is 0 Å². The third-order valence-electron chi connectivity index (χ3n) is 1.98. The van der Waals surface area contributed by atoms with E-state index in [-0.39, 0.29) is 11.3 Å². The molecule has 0 atom stereocenters. The lowest BCUT2D eigenvalue weighted by atomic mass is 10.3. The molecule has 0 bridgehead atoms. The number of aromatic nitrogens is 2. The Morgan fingerprint density at radius 2 is 1.88 bits per heavy atom. The fraction of sp³-hybridized carbons (Fsp3) is 0. The van der Waals surface area contributed by atoms with Gasteiger partial charge in [-0.25, -0.2) is 13.5 Å². The summed E-state index contributed by atoms with van der Waals surface area (Å²) in [5.74, 6) is -2.08. The molecule has 2 aromatic rings. The van der Waals surface area contributed by atoms with Crippen molar-refractivity contribution in [1.29, 1.82) is 0 Å². The molecule has 1 heterocycles. The molecule has 2 rings (SSSR count). The van der Waals surface area contributed by atoms with Gasteiger partial charge in [-0.1, -0.05) is 0 Å². The number of carbonyl (C=O) groups is 1. The van der Waals surface area contributed by atoms with Gasteiger partial charge in [0.15, 0.2) is 0 Å². The van der Waals surface area contributed by atoms with Crippen molar-refractivity contribution in [3.63, 3.8) is 0 Å². The number of hydrogen-bond acceptors (Lipinski definition) is 2. The van der Waals surface area contributed by atoms with Crippen LogP contribution < -0.4 is 5.73 Å². The van der Waals surface area contributed by atoms with E-state index in [1.54, 1.807) is 0 Å². The van der Waals surface area contributed by atoms with Crippen LogP contribution in [0, 0.1) is 11.6 Å². The van der Waals surface area contributed by atoms with Gasteiger partial charge in [0.25, 0.3) is 5.91 Å². The normalized spacial score (nSPS) is 10.4. The lowest BCUT2D eigenvalue weighted by Gasteiger charge is -2.01. The number of benzene rings is 1. The van der Waals surface area contributed by atoms with E-state index in [1.807, 2.05) is 0 Å². The smallest absolute Gasteiger partial charge is 0.251 e. The molecule has 0 spiro atoms. The number of amides is 1. The summed E-state index contributed by atoms with van der Waals surface area (Å²) in [7, 11) is 0. The van der Waals surface area contributed by atoms with Crippen LogP contribution in [-0.4, -0.2) is 15.7 Å². The minimum Gasteiger partial charge on any atom is -0.366 e. The highest BCUT2D eigenvalue weighted by Gasteiger charge is 2.07. The second-order valence-electron chi connectivity index (χ2n) is 3.17. The Morgan fingerprint density at radius 3 is 2.38 bits per heavy atom. The van der Waals surface area contributed by atoms with Crippen LogP contribution in [0.3, 0.4) is 0 Å². The fourth-order valence-electron chi connectivity index (χ4n) is 1.26. The van der Waals surface area contributed by atoms with Gasteiger partial charge in [0, 0.05) is 12.3 Å². The van der Waals surface area contributed by atoms with Gasteiger partial charge in [0.2, 0.25) is 0 Å². The van der Waals surface area contributed by atoms with E-state index in [9.17, 15) is 13.6 Å². The average molecular weight is 223 g/mol. The Bertz CT molecular complexity index is 530. The summed E-state index contributed by atoms with van der Waals surface area (Å²) in [6.45, 7) is 0. The number of rotatable bonds is 2. The molecular weight excluding hydrogens is 216 g/mol. The van der Waals surface area contributed by atoms with Gasteiger partial charge in [-0.3, -0.25) is 4.79 Å². The van der Waals surface area contributed by atoms with Crippen molar-refractivity contribution >= 4 is 5.91 Å². The molecule has 6 heteroatoms. The maximum absolute atomic E-state index is 12.9. The minimum atomic E-state index is -0.717. The van der Waals surface area contributed by atoms with Crippen LogP contribution in [0.2, 0.25) is 0 Å². The van der Waals surface area contributed by atoms with E-state index < -0.39 is 17.5 Å². The molecule has 1 aromatic heterocycles. The van der Waals surface area contributed by atoms with Crippen LogP contribution >= 0.6 is 0 Å². The van der Waals surface area contributed by atoms with Gasteiger partial charge in [-0.15, -0.1) is 0 Å². The summed E-state index contributed by atoms with van der Waals surface area (Å²) < 4.78 is 27.0. The van der Waals surface area contributed by atoms with E-state index in [4.69, 9.17) is 5.73 Å². The number of nitrogens with two attached hydrogens (primary N) is 1. The predicted molar refractivity (Wildman–Crippen MR) is 52.0 cm³/mol. The summed E-state index contributed by atoms with van der Waals surface area (Å²) >= 11 is 0. The lowest BCUT2D eigenvalue weighted by Crippen LogP contribution is -2.09.